The monoisotopic (exact) mass is 417 g/mol. The summed E-state index contributed by atoms with van der Waals surface area (Å²) in [5, 5.41) is 19.1. The highest BCUT2D eigenvalue weighted by molar-refractivity contribution is 8.01. The van der Waals surface area contributed by atoms with Crippen LogP contribution in [0.2, 0.25) is 0 Å². The number of aliphatic carboxylic acids is 1. The molecule has 3 aromatic heterocycles. The molecule has 0 spiro atoms. The summed E-state index contributed by atoms with van der Waals surface area (Å²) in [7, 11) is 0. The molecule has 0 radical (unpaired) electrons. The van der Waals surface area contributed by atoms with Crippen molar-refractivity contribution in [1.29, 1.82) is 5.26 Å². The van der Waals surface area contributed by atoms with Gasteiger partial charge in [0.05, 0.1) is 16.6 Å². The molecule has 3 aromatic rings. The zero-order valence-corrected chi connectivity index (χ0v) is 15.7. The van der Waals surface area contributed by atoms with Crippen molar-refractivity contribution in [3.05, 3.63) is 54.1 Å². The molecule has 1 saturated carbocycles. The zero-order chi connectivity index (χ0) is 20.8. The molecule has 9 heteroatoms. The van der Waals surface area contributed by atoms with E-state index in [1.807, 2.05) is 6.07 Å². The molecule has 0 aliphatic heterocycles. The van der Waals surface area contributed by atoms with Gasteiger partial charge in [-0.3, -0.25) is 9.78 Å². The van der Waals surface area contributed by atoms with Crippen LogP contribution in [0.25, 0.3) is 16.6 Å². The molecule has 29 heavy (non-hydrogen) atoms. The van der Waals surface area contributed by atoms with Crippen molar-refractivity contribution in [2.24, 2.45) is 0 Å². The Morgan fingerprint density at radius 1 is 1.34 bits per heavy atom. The quantitative estimate of drug-likeness (QED) is 0.647. The Kier molecular flexibility index (Phi) is 4.54. The number of hydrogen-bond acceptors (Lipinski definition) is 4. The molecule has 1 fully saturated rings. The number of pyridine rings is 2. The van der Waals surface area contributed by atoms with Gasteiger partial charge in [0.1, 0.15) is 10.8 Å². The minimum atomic E-state index is -4.66. The molecule has 1 aliphatic rings. The third-order valence-corrected chi connectivity index (χ3v) is 6.68. The number of carboxylic acids is 1. The molecule has 3 heterocycles. The van der Waals surface area contributed by atoms with E-state index in [1.165, 1.54) is 41.2 Å². The van der Waals surface area contributed by atoms with Gasteiger partial charge in [-0.15, -0.1) is 11.8 Å². The predicted octanol–water partition coefficient (Wildman–Crippen LogP) is 4.99. The van der Waals surface area contributed by atoms with Gasteiger partial charge in [0.15, 0.2) is 0 Å². The number of aromatic nitrogens is 2. The number of hydrogen-bond donors (Lipinski definition) is 1. The van der Waals surface area contributed by atoms with Crippen LogP contribution >= 0.6 is 11.8 Å². The summed E-state index contributed by atoms with van der Waals surface area (Å²) in [6.07, 6.45) is 2.11. The number of halogens is 3. The first-order valence-corrected chi connectivity index (χ1v) is 9.56. The van der Waals surface area contributed by atoms with Crippen LogP contribution in [-0.4, -0.2) is 25.2 Å². The Labute approximate surface area is 167 Å². The standard InChI is InChI=1S/C20H14F3N3O2S/c21-20(22,23)14-11-26-8-1-3-12(9-24)17(26)16(14)13-10-25-7-4-15(13)29-19(18(27)28)5-2-6-19/h1,3-4,7-8,10-11H,2,5-6H2,(H,27,28). The molecule has 1 N–H and O–H groups in total. The van der Waals surface area contributed by atoms with Gasteiger partial charge in [-0.1, -0.05) is 0 Å². The molecule has 0 atom stereocenters. The molecule has 4 rings (SSSR count). The van der Waals surface area contributed by atoms with Gasteiger partial charge in [0.2, 0.25) is 0 Å². The maximum atomic E-state index is 13.9. The molecular formula is C20H14F3N3O2S. The Morgan fingerprint density at radius 2 is 2.10 bits per heavy atom. The average Bonchev–Trinajstić information content (AvgIpc) is 3.04. The SMILES string of the molecule is N#Cc1cccn2cc(C(F)(F)F)c(-c3cnccc3SC3(C(=O)O)CCC3)c12. The van der Waals surface area contributed by atoms with Crippen molar-refractivity contribution in [3.63, 3.8) is 0 Å². The number of rotatable bonds is 4. The van der Waals surface area contributed by atoms with E-state index in [4.69, 9.17) is 0 Å². The van der Waals surface area contributed by atoms with Gasteiger partial charge in [-0.2, -0.15) is 18.4 Å². The van der Waals surface area contributed by atoms with Crippen LogP contribution < -0.4 is 0 Å². The lowest BCUT2D eigenvalue weighted by Crippen LogP contribution is -2.41. The summed E-state index contributed by atoms with van der Waals surface area (Å²) in [6.45, 7) is 0. The number of carbonyl (C=O) groups is 1. The van der Waals surface area contributed by atoms with E-state index in [0.29, 0.717) is 17.7 Å². The Morgan fingerprint density at radius 3 is 2.69 bits per heavy atom. The summed E-state index contributed by atoms with van der Waals surface area (Å²) in [5.41, 5.74) is -0.676. The minimum absolute atomic E-state index is 0.0920. The van der Waals surface area contributed by atoms with Crippen LogP contribution in [0.3, 0.4) is 0 Å². The fourth-order valence-electron chi connectivity index (χ4n) is 3.53. The molecule has 0 aromatic carbocycles. The van der Waals surface area contributed by atoms with E-state index in [1.54, 1.807) is 0 Å². The van der Waals surface area contributed by atoms with E-state index in [-0.39, 0.29) is 22.2 Å². The topological polar surface area (TPSA) is 78.4 Å². The second-order valence-corrected chi connectivity index (χ2v) is 8.26. The van der Waals surface area contributed by atoms with Crippen molar-refractivity contribution in [2.75, 3.05) is 0 Å². The predicted molar refractivity (Wildman–Crippen MR) is 100 cm³/mol. The van der Waals surface area contributed by atoms with Gasteiger partial charge >= 0.3 is 12.1 Å². The van der Waals surface area contributed by atoms with E-state index in [9.17, 15) is 28.3 Å². The summed E-state index contributed by atoms with van der Waals surface area (Å²) < 4.78 is 41.8. The van der Waals surface area contributed by atoms with E-state index >= 15 is 0 Å². The first-order valence-electron chi connectivity index (χ1n) is 8.74. The highest BCUT2D eigenvalue weighted by atomic mass is 32.2. The normalized spacial score (nSPS) is 15.7. The van der Waals surface area contributed by atoms with E-state index < -0.39 is 22.5 Å². The van der Waals surface area contributed by atoms with Crippen LogP contribution in [0.4, 0.5) is 13.2 Å². The maximum Gasteiger partial charge on any atom is 0.418 e. The lowest BCUT2D eigenvalue weighted by atomic mass is 9.84. The lowest BCUT2D eigenvalue weighted by Gasteiger charge is -2.37. The fraction of sp³-hybridized carbons (Fsp3) is 0.250. The van der Waals surface area contributed by atoms with Crippen molar-refractivity contribution < 1.29 is 23.1 Å². The number of thioether (sulfide) groups is 1. The van der Waals surface area contributed by atoms with E-state index in [2.05, 4.69) is 4.98 Å². The lowest BCUT2D eigenvalue weighted by molar-refractivity contribution is -0.142. The summed E-state index contributed by atoms with van der Waals surface area (Å²) >= 11 is 1.05. The average molecular weight is 417 g/mol. The summed E-state index contributed by atoms with van der Waals surface area (Å²) in [5.74, 6) is -0.980. The molecule has 0 unspecified atom stereocenters. The number of carboxylic acid groups (broad SMARTS) is 1. The van der Waals surface area contributed by atoms with Crippen molar-refractivity contribution in [2.45, 2.75) is 35.1 Å². The first kappa shape index (κ1) is 19.3. The molecular weight excluding hydrogens is 403 g/mol. The number of alkyl halides is 3. The van der Waals surface area contributed by atoms with Crippen LogP contribution in [0, 0.1) is 11.3 Å². The molecule has 0 amide bonds. The van der Waals surface area contributed by atoms with Crippen molar-refractivity contribution in [1.82, 2.24) is 9.38 Å². The minimum Gasteiger partial charge on any atom is -0.480 e. The van der Waals surface area contributed by atoms with Gasteiger partial charge in [-0.05, 0) is 37.5 Å². The first-order chi connectivity index (χ1) is 13.8. The van der Waals surface area contributed by atoms with E-state index in [0.717, 1.165) is 24.4 Å². The summed E-state index contributed by atoms with van der Waals surface area (Å²) in [6, 6.07) is 6.43. The molecule has 5 nitrogen and oxygen atoms in total. The number of fused-ring (bicyclic) bond motifs is 1. The van der Waals surface area contributed by atoms with Crippen LogP contribution in [0.15, 0.2) is 47.9 Å². The molecule has 1 aliphatic carbocycles. The highest BCUT2D eigenvalue weighted by Crippen LogP contribution is 2.51. The van der Waals surface area contributed by atoms with Crippen LogP contribution in [-0.2, 0) is 11.0 Å². The second kappa shape index (κ2) is 6.81. The maximum absolute atomic E-state index is 13.9. The second-order valence-electron chi connectivity index (χ2n) is 6.83. The van der Waals surface area contributed by atoms with Crippen molar-refractivity contribution in [3.8, 4) is 17.2 Å². The number of nitriles is 1. The molecule has 148 valence electrons. The van der Waals surface area contributed by atoms with Gasteiger partial charge < -0.3 is 9.51 Å². The summed E-state index contributed by atoms with van der Waals surface area (Å²) in [4.78, 5) is 16.2. The van der Waals surface area contributed by atoms with Gasteiger partial charge in [-0.25, -0.2) is 0 Å². The fourth-order valence-corrected chi connectivity index (χ4v) is 4.93. The van der Waals surface area contributed by atoms with Crippen molar-refractivity contribution >= 4 is 23.2 Å². The smallest absolute Gasteiger partial charge is 0.418 e. The Balaban J connectivity index is 1.99. The van der Waals surface area contributed by atoms with Gasteiger partial charge in [0, 0.05) is 40.8 Å². The Bertz CT molecular complexity index is 1160. The van der Waals surface area contributed by atoms with Gasteiger partial charge in [0.25, 0.3) is 0 Å². The highest BCUT2D eigenvalue weighted by Gasteiger charge is 2.46. The third kappa shape index (κ3) is 3.13. The largest absolute Gasteiger partial charge is 0.480 e. The number of nitrogens with zero attached hydrogens (tertiary/aromatic N) is 3. The van der Waals surface area contributed by atoms with Crippen LogP contribution in [0.5, 0.6) is 0 Å². The molecule has 0 bridgehead atoms. The Hall–Kier alpha value is -2.99. The molecule has 0 saturated heterocycles. The third-order valence-electron chi connectivity index (χ3n) is 5.13. The zero-order valence-electron chi connectivity index (χ0n) is 14.9. The van der Waals surface area contributed by atoms with Crippen LogP contribution in [0.1, 0.15) is 30.4 Å².